The Labute approximate surface area is 117 Å². The van der Waals surface area contributed by atoms with Crippen LogP contribution in [0.15, 0.2) is 16.7 Å². The van der Waals surface area contributed by atoms with Gasteiger partial charge in [0.05, 0.1) is 6.26 Å². The molecule has 0 atom stereocenters. The van der Waals surface area contributed by atoms with Crippen LogP contribution in [0, 0.1) is 0 Å². The second-order valence-electron chi connectivity index (χ2n) is 5.13. The van der Waals surface area contributed by atoms with Gasteiger partial charge >= 0.3 is 5.97 Å². The molecule has 2 N–H and O–H groups in total. The summed E-state index contributed by atoms with van der Waals surface area (Å²) in [5, 5.41) is 12.4. The van der Waals surface area contributed by atoms with Crippen molar-refractivity contribution in [1.82, 2.24) is 5.32 Å². The van der Waals surface area contributed by atoms with Gasteiger partial charge in [-0.3, -0.25) is 0 Å². The van der Waals surface area contributed by atoms with Crippen LogP contribution >= 0.6 is 11.8 Å². The predicted molar refractivity (Wildman–Crippen MR) is 76.7 cm³/mol. The zero-order valence-electron chi connectivity index (χ0n) is 11.3. The molecule has 106 valence electrons. The van der Waals surface area contributed by atoms with Gasteiger partial charge in [0.1, 0.15) is 0 Å². The molecule has 1 aromatic rings. The lowest BCUT2D eigenvalue weighted by atomic mass is 9.88. The SMILES string of the molecule is CSC1(CNCc2ccoc2C(=O)O)CCCCC1. The Morgan fingerprint density at radius 2 is 2.21 bits per heavy atom. The maximum Gasteiger partial charge on any atom is 0.372 e. The van der Waals surface area contributed by atoms with Crippen LogP contribution in [-0.4, -0.2) is 28.6 Å². The molecule has 0 aromatic carbocycles. The Hall–Kier alpha value is -0.940. The van der Waals surface area contributed by atoms with Gasteiger partial charge in [-0.15, -0.1) is 0 Å². The Morgan fingerprint density at radius 1 is 1.47 bits per heavy atom. The number of hydrogen-bond donors (Lipinski definition) is 2. The first-order chi connectivity index (χ1) is 9.17. The van der Waals surface area contributed by atoms with E-state index in [1.807, 2.05) is 11.8 Å². The summed E-state index contributed by atoms with van der Waals surface area (Å²) in [5.41, 5.74) is 0.722. The van der Waals surface area contributed by atoms with Gasteiger partial charge in [-0.1, -0.05) is 19.3 Å². The predicted octanol–water partition coefficient (Wildman–Crippen LogP) is 3.13. The van der Waals surface area contributed by atoms with Crippen molar-refractivity contribution in [2.75, 3.05) is 12.8 Å². The first-order valence-corrected chi connectivity index (χ1v) is 7.95. The number of furan rings is 1. The van der Waals surface area contributed by atoms with Crippen LogP contribution in [-0.2, 0) is 6.54 Å². The van der Waals surface area contributed by atoms with E-state index in [1.54, 1.807) is 6.07 Å². The van der Waals surface area contributed by atoms with Gasteiger partial charge in [-0.2, -0.15) is 11.8 Å². The van der Waals surface area contributed by atoms with E-state index in [9.17, 15) is 4.79 Å². The summed E-state index contributed by atoms with van der Waals surface area (Å²) in [4.78, 5) is 10.9. The van der Waals surface area contributed by atoms with Crippen molar-refractivity contribution in [3.63, 3.8) is 0 Å². The third-order valence-electron chi connectivity index (χ3n) is 3.90. The molecule has 2 rings (SSSR count). The summed E-state index contributed by atoms with van der Waals surface area (Å²) in [5.74, 6) is -0.951. The third-order valence-corrected chi connectivity index (χ3v) is 5.32. The van der Waals surface area contributed by atoms with E-state index in [0.29, 0.717) is 11.3 Å². The summed E-state index contributed by atoms with van der Waals surface area (Å²) in [6, 6.07) is 1.73. The van der Waals surface area contributed by atoms with Gasteiger partial charge in [-0.05, 0) is 25.2 Å². The van der Waals surface area contributed by atoms with Crippen molar-refractivity contribution in [2.24, 2.45) is 0 Å². The van der Waals surface area contributed by atoms with Crippen LogP contribution < -0.4 is 5.32 Å². The zero-order chi connectivity index (χ0) is 13.7. The number of thioether (sulfide) groups is 1. The lowest BCUT2D eigenvalue weighted by Crippen LogP contribution is -2.39. The number of hydrogen-bond acceptors (Lipinski definition) is 4. The lowest BCUT2D eigenvalue weighted by molar-refractivity contribution is 0.0660. The molecule has 1 aliphatic rings. The first kappa shape index (κ1) is 14.5. The van der Waals surface area contributed by atoms with Gasteiger partial charge in [0.25, 0.3) is 0 Å². The average molecular weight is 283 g/mol. The Morgan fingerprint density at radius 3 is 2.84 bits per heavy atom. The number of aromatic carboxylic acids is 1. The lowest BCUT2D eigenvalue weighted by Gasteiger charge is -2.36. The molecule has 1 aromatic heterocycles. The Balaban J connectivity index is 1.88. The molecule has 1 saturated carbocycles. The normalized spacial score (nSPS) is 18.4. The van der Waals surface area contributed by atoms with Gasteiger partial charge in [0, 0.05) is 23.4 Å². The first-order valence-electron chi connectivity index (χ1n) is 6.72. The highest BCUT2D eigenvalue weighted by Gasteiger charge is 2.30. The molecule has 19 heavy (non-hydrogen) atoms. The van der Waals surface area contributed by atoms with Crippen molar-refractivity contribution >= 4 is 17.7 Å². The molecule has 0 radical (unpaired) electrons. The van der Waals surface area contributed by atoms with Gasteiger partial charge < -0.3 is 14.8 Å². The second kappa shape index (κ2) is 6.48. The van der Waals surface area contributed by atoms with Crippen LogP contribution in [0.1, 0.15) is 48.2 Å². The largest absolute Gasteiger partial charge is 0.475 e. The summed E-state index contributed by atoms with van der Waals surface area (Å²) < 4.78 is 5.30. The fourth-order valence-electron chi connectivity index (χ4n) is 2.74. The van der Waals surface area contributed by atoms with Gasteiger partial charge in [0.2, 0.25) is 5.76 Å². The number of carbonyl (C=O) groups is 1. The minimum atomic E-state index is -1.00. The number of nitrogens with one attached hydrogen (secondary N) is 1. The van der Waals surface area contributed by atoms with Crippen molar-refractivity contribution in [3.05, 3.63) is 23.7 Å². The molecular weight excluding hydrogens is 262 g/mol. The third kappa shape index (κ3) is 3.54. The minimum absolute atomic E-state index is 0.0503. The average Bonchev–Trinajstić information content (AvgIpc) is 2.88. The van der Waals surface area contributed by atoms with E-state index in [-0.39, 0.29) is 5.76 Å². The fourth-order valence-corrected chi connectivity index (χ4v) is 3.68. The fraction of sp³-hybridized carbons (Fsp3) is 0.643. The molecule has 1 heterocycles. The van der Waals surface area contributed by atoms with Gasteiger partial charge in [0.15, 0.2) is 0 Å². The number of carboxylic acids is 1. The van der Waals surface area contributed by atoms with Crippen molar-refractivity contribution in [3.8, 4) is 0 Å². The summed E-state index contributed by atoms with van der Waals surface area (Å²) in [7, 11) is 0. The van der Waals surface area contributed by atoms with Gasteiger partial charge in [-0.25, -0.2) is 4.79 Å². The van der Waals surface area contributed by atoms with E-state index in [0.717, 1.165) is 12.1 Å². The van der Waals surface area contributed by atoms with Crippen LogP contribution in [0.5, 0.6) is 0 Å². The highest BCUT2D eigenvalue weighted by molar-refractivity contribution is 8.00. The zero-order valence-corrected chi connectivity index (χ0v) is 12.1. The molecule has 0 amide bonds. The molecule has 0 saturated heterocycles. The molecule has 1 aliphatic carbocycles. The van der Waals surface area contributed by atoms with Crippen molar-refractivity contribution < 1.29 is 14.3 Å². The number of carboxylic acid groups (broad SMARTS) is 1. The van der Waals surface area contributed by atoms with Crippen molar-refractivity contribution in [2.45, 2.75) is 43.4 Å². The van der Waals surface area contributed by atoms with E-state index in [4.69, 9.17) is 9.52 Å². The Kier molecular flexibility index (Phi) is 4.93. The van der Waals surface area contributed by atoms with Crippen LogP contribution in [0.2, 0.25) is 0 Å². The Bertz CT molecular complexity index is 424. The molecule has 0 bridgehead atoms. The molecule has 0 aliphatic heterocycles. The maximum absolute atomic E-state index is 10.9. The summed E-state index contributed by atoms with van der Waals surface area (Å²) in [6.45, 7) is 1.48. The van der Waals surface area contributed by atoms with E-state index < -0.39 is 5.97 Å². The van der Waals surface area contributed by atoms with Crippen molar-refractivity contribution in [1.29, 1.82) is 0 Å². The highest BCUT2D eigenvalue weighted by Crippen LogP contribution is 2.38. The van der Waals surface area contributed by atoms with E-state index in [2.05, 4.69) is 11.6 Å². The van der Waals surface area contributed by atoms with E-state index in [1.165, 1.54) is 38.4 Å². The van der Waals surface area contributed by atoms with Crippen LogP contribution in [0.25, 0.3) is 0 Å². The molecule has 1 fully saturated rings. The standard InChI is InChI=1S/C14H21NO3S/c1-19-14(6-3-2-4-7-14)10-15-9-11-5-8-18-12(11)13(16)17/h5,8,15H,2-4,6-7,9-10H2,1H3,(H,16,17). The topological polar surface area (TPSA) is 62.5 Å². The maximum atomic E-state index is 10.9. The summed E-state index contributed by atoms with van der Waals surface area (Å²) >= 11 is 1.94. The molecule has 0 unspecified atom stereocenters. The second-order valence-corrected chi connectivity index (χ2v) is 6.41. The smallest absolute Gasteiger partial charge is 0.372 e. The van der Waals surface area contributed by atoms with E-state index >= 15 is 0 Å². The molecule has 0 spiro atoms. The molecular formula is C14H21NO3S. The van der Waals surface area contributed by atoms with Crippen LogP contribution in [0.3, 0.4) is 0 Å². The number of rotatable bonds is 6. The minimum Gasteiger partial charge on any atom is -0.475 e. The summed E-state index contributed by atoms with van der Waals surface area (Å²) in [6.07, 6.45) is 10.0. The highest BCUT2D eigenvalue weighted by atomic mass is 32.2. The molecule has 5 heteroatoms. The molecule has 4 nitrogen and oxygen atoms in total. The van der Waals surface area contributed by atoms with Crippen LogP contribution in [0.4, 0.5) is 0 Å². The quantitative estimate of drug-likeness (QED) is 0.840. The monoisotopic (exact) mass is 283 g/mol.